The molecule has 0 amide bonds. The molecule has 0 heterocycles. The molecule has 2 aromatic rings. The summed E-state index contributed by atoms with van der Waals surface area (Å²) in [5.74, 6) is 0. The molecule has 0 aliphatic heterocycles. The molecule has 0 bridgehead atoms. The monoisotopic (exact) mass is 437 g/mol. The Bertz CT molecular complexity index is 1130. The minimum atomic E-state index is -4.07. The highest BCUT2D eigenvalue weighted by Crippen LogP contribution is 2.25. The van der Waals surface area contributed by atoms with Crippen molar-refractivity contribution in [2.45, 2.75) is 22.8 Å². The fraction of sp³-hybridized carbons (Fsp3) is 0.158. The maximum atomic E-state index is 12.9. The van der Waals surface area contributed by atoms with Crippen molar-refractivity contribution in [2.24, 2.45) is 0 Å². The van der Waals surface area contributed by atoms with Crippen LogP contribution in [0.3, 0.4) is 0 Å². The first-order valence-corrected chi connectivity index (χ1v) is 11.3. The number of ether oxygens (including phenoxy) is 1. The number of sulfone groups is 2. The smallest absolute Gasteiger partial charge is 0.269 e. The van der Waals surface area contributed by atoms with Crippen molar-refractivity contribution in [3.63, 3.8) is 0 Å². The topological polar surface area (TPSA) is 121 Å². The molecular formula is C19H19NO7S2. The molecule has 0 aliphatic rings. The average Bonchev–Trinajstić information content (AvgIpc) is 2.71. The summed E-state index contributed by atoms with van der Waals surface area (Å²) in [7, 11) is -6.51. The molecule has 0 saturated carbocycles. The van der Waals surface area contributed by atoms with Gasteiger partial charge in [0.15, 0.2) is 9.84 Å². The summed E-state index contributed by atoms with van der Waals surface area (Å²) in [5, 5.41) is 11.7. The van der Waals surface area contributed by atoms with Crippen LogP contribution in [0.25, 0.3) is 0 Å². The second kappa shape index (κ2) is 9.12. The summed E-state index contributed by atoms with van der Waals surface area (Å²) >= 11 is 0. The Kier molecular flexibility index (Phi) is 7.07. The first-order chi connectivity index (χ1) is 13.6. The molecule has 0 radical (unpaired) electrons. The largest absolute Gasteiger partial charge is 0.376 e. The quantitative estimate of drug-likeness (QED) is 0.353. The zero-order chi connectivity index (χ0) is 21.7. The van der Waals surface area contributed by atoms with Gasteiger partial charge in [0.05, 0.1) is 25.7 Å². The highest BCUT2D eigenvalue weighted by atomic mass is 32.2. The number of nitro groups is 1. The Balaban J connectivity index is 2.44. The van der Waals surface area contributed by atoms with E-state index in [4.69, 9.17) is 4.74 Å². The van der Waals surface area contributed by atoms with Crippen LogP contribution >= 0.6 is 0 Å². The molecule has 1 atom stereocenters. The van der Waals surface area contributed by atoms with E-state index in [0.717, 1.165) is 41.8 Å². The maximum Gasteiger partial charge on any atom is 0.269 e. The minimum absolute atomic E-state index is 0.0733. The normalized spacial score (nSPS) is 14.1. The summed E-state index contributed by atoms with van der Waals surface area (Å²) in [6.07, 6.45) is 1.39. The zero-order valence-corrected chi connectivity index (χ0v) is 17.3. The first-order valence-electron chi connectivity index (χ1n) is 8.30. The van der Waals surface area contributed by atoms with Gasteiger partial charge in [-0.1, -0.05) is 18.2 Å². The van der Waals surface area contributed by atoms with E-state index in [2.05, 4.69) is 0 Å². The number of hydrogen-bond acceptors (Lipinski definition) is 7. The van der Waals surface area contributed by atoms with Crippen LogP contribution in [-0.4, -0.2) is 35.0 Å². The van der Waals surface area contributed by atoms with Crippen LogP contribution in [0, 0.1) is 10.1 Å². The number of rotatable bonds is 8. The lowest BCUT2D eigenvalue weighted by Crippen LogP contribution is -2.18. The van der Waals surface area contributed by atoms with Crippen LogP contribution in [0.5, 0.6) is 0 Å². The van der Waals surface area contributed by atoms with Gasteiger partial charge in [-0.3, -0.25) is 10.1 Å². The molecule has 0 saturated heterocycles. The van der Waals surface area contributed by atoms with E-state index in [1.54, 1.807) is 18.2 Å². The second-order valence-electron chi connectivity index (χ2n) is 5.89. The van der Waals surface area contributed by atoms with Crippen LogP contribution < -0.4 is 0 Å². The Morgan fingerprint density at radius 3 is 2.10 bits per heavy atom. The average molecular weight is 437 g/mol. The maximum absolute atomic E-state index is 12.9. The summed E-state index contributed by atoms with van der Waals surface area (Å²) in [6, 6.07) is 12.1. The Labute approximate surface area is 169 Å². The molecule has 2 aromatic carbocycles. The Morgan fingerprint density at radius 2 is 1.59 bits per heavy atom. The van der Waals surface area contributed by atoms with Crippen molar-refractivity contribution >= 4 is 25.4 Å². The van der Waals surface area contributed by atoms with Crippen LogP contribution in [0.1, 0.15) is 6.92 Å². The van der Waals surface area contributed by atoms with Crippen LogP contribution in [0.15, 0.2) is 86.9 Å². The molecule has 0 aliphatic carbocycles. The van der Waals surface area contributed by atoms with Gasteiger partial charge >= 0.3 is 0 Å². The van der Waals surface area contributed by atoms with E-state index in [9.17, 15) is 26.9 Å². The molecule has 8 nitrogen and oxygen atoms in total. The van der Waals surface area contributed by atoms with Gasteiger partial charge in [0.1, 0.15) is 0 Å². The summed E-state index contributed by atoms with van der Waals surface area (Å²) in [4.78, 5) is 9.84. The fourth-order valence-electron chi connectivity index (χ4n) is 2.37. The highest BCUT2D eigenvalue weighted by molar-refractivity contribution is 7.95. The van der Waals surface area contributed by atoms with Gasteiger partial charge in [0, 0.05) is 24.7 Å². The van der Waals surface area contributed by atoms with Gasteiger partial charge in [-0.25, -0.2) is 16.8 Å². The number of nitro benzene ring substituents is 1. The SMILES string of the molecule is CO[C@@H](C)/C(=C/C=C/S(=O)(=O)c1ccccc1)S(=O)(=O)c1ccc([N+](=O)[O-])cc1. The minimum Gasteiger partial charge on any atom is -0.376 e. The van der Waals surface area contributed by atoms with E-state index in [1.807, 2.05) is 0 Å². The molecular weight excluding hydrogens is 418 g/mol. The van der Waals surface area contributed by atoms with Crippen molar-refractivity contribution in [3.05, 3.63) is 87.2 Å². The fourth-order valence-corrected chi connectivity index (χ4v) is 4.91. The van der Waals surface area contributed by atoms with E-state index in [-0.39, 0.29) is 20.4 Å². The van der Waals surface area contributed by atoms with Crippen molar-refractivity contribution < 1.29 is 26.5 Å². The number of allylic oxidation sites excluding steroid dienone is 2. The van der Waals surface area contributed by atoms with Gasteiger partial charge in [0.2, 0.25) is 9.84 Å². The van der Waals surface area contributed by atoms with Crippen LogP contribution in [0.2, 0.25) is 0 Å². The molecule has 0 fully saturated rings. The van der Waals surface area contributed by atoms with Crippen molar-refractivity contribution in [1.29, 1.82) is 0 Å². The predicted octanol–water partition coefficient (Wildman–Crippen LogP) is 3.27. The Morgan fingerprint density at radius 1 is 1.00 bits per heavy atom. The van der Waals surface area contributed by atoms with E-state index < -0.39 is 30.7 Å². The number of nitrogens with zero attached hydrogens (tertiary/aromatic N) is 1. The van der Waals surface area contributed by atoms with Crippen LogP contribution in [0.4, 0.5) is 5.69 Å². The molecule has 0 aromatic heterocycles. The molecule has 2 rings (SSSR count). The highest BCUT2D eigenvalue weighted by Gasteiger charge is 2.26. The summed E-state index contributed by atoms with van der Waals surface area (Å²) in [5.41, 5.74) is -0.247. The second-order valence-corrected chi connectivity index (χ2v) is 9.67. The lowest BCUT2D eigenvalue weighted by molar-refractivity contribution is -0.384. The number of methoxy groups -OCH3 is 1. The van der Waals surface area contributed by atoms with Gasteiger partial charge in [-0.05, 0) is 43.3 Å². The van der Waals surface area contributed by atoms with E-state index in [1.165, 1.54) is 26.2 Å². The van der Waals surface area contributed by atoms with Crippen LogP contribution in [-0.2, 0) is 24.4 Å². The van der Waals surface area contributed by atoms with Gasteiger partial charge in [-0.15, -0.1) is 0 Å². The van der Waals surface area contributed by atoms with Gasteiger partial charge in [0.25, 0.3) is 5.69 Å². The lowest BCUT2D eigenvalue weighted by atomic mass is 10.3. The third-order valence-corrected chi connectivity index (χ3v) is 7.44. The summed E-state index contributed by atoms with van der Waals surface area (Å²) in [6.45, 7) is 1.49. The molecule has 0 unspecified atom stereocenters. The molecule has 154 valence electrons. The molecule has 10 heteroatoms. The first kappa shape index (κ1) is 22.5. The third kappa shape index (κ3) is 5.37. The van der Waals surface area contributed by atoms with Crippen molar-refractivity contribution in [2.75, 3.05) is 7.11 Å². The molecule has 29 heavy (non-hydrogen) atoms. The van der Waals surface area contributed by atoms with Crippen molar-refractivity contribution in [1.82, 2.24) is 0 Å². The Hall–Kier alpha value is -2.82. The zero-order valence-electron chi connectivity index (χ0n) is 15.6. The van der Waals surface area contributed by atoms with Gasteiger partial charge in [-0.2, -0.15) is 0 Å². The van der Waals surface area contributed by atoms with Crippen molar-refractivity contribution in [3.8, 4) is 0 Å². The van der Waals surface area contributed by atoms with E-state index in [0.29, 0.717) is 0 Å². The lowest BCUT2D eigenvalue weighted by Gasteiger charge is -2.14. The number of hydrogen-bond donors (Lipinski definition) is 0. The standard InChI is InChI=1S/C19H19NO7S2/c1-15(27-2)19(9-6-14-28(23,24)17-7-4-3-5-8-17)29(25,26)18-12-10-16(11-13-18)20(21)22/h3-15H,1-2H3/b14-6+,19-9-/t15-/m0/s1. The van der Waals surface area contributed by atoms with Gasteiger partial charge < -0.3 is 4.74 Å². The summed E-state index contributed by atoms with van der Waals surface area (Å²) < 4.78 is 55.6. The third-order valence-electron chi connectivity index (χ3n) is 4.01. The molecule has 0 spiro atoms. The molecule has 0 N–H and O–H groups in total. The number of benzene rings is 2. The predicted molar refractivity (Wildman–Crippen MR) is 108 cm³/mol. The number of non-ortho nitro benzene ring substituents is 1. The van der Waals surface area contributed by atoms with E-state index >= 15 is 0 Å².